The van der Waals surface area contributed by atoms with Crippen molar-refractivity contribution >= 4 is 101 Å². The molecule has 6 heterocycles. The Morgan fingerprint density at radius 1 is 0.540 bits per heavy atom. The molecule has 4 aromatic rings. The van der Waals surface area contributed by atoms with Crippen LogP contribution in [0.4, 0.5) is 9.59 Å². The van der Waals surface area contributed by atoms with Gasteiger partial charge in [0.25, 0.3) is 11.1 Å². The molecule has 8 aliphatic rings. The van der Waals surface area contributed by atoms with Crippen LogP contribution in [-0.4, -0.2) is 166 Å². The molecule has 4 aliphatic carbocycles. The quantitative estimate of drug-likeness (QED) is 0.0501. The third kappa shape index (κ3) is 16.1. The number of alkyl carbamates (subject to hydrolysis) is 2. The number of aryl methyl sites for hydroxylation is 2. The predicted octanol–water partition coefficient (Wildman–Crippen LogP) is 9.07. The molecule has 0 unspecified atom stereocenters. The minimum atomic E-state index is -1.46. The summed E-state index contributed by atoms with van der Waals surface area (Å²) in [6.07, 6.45) is 19.4. The maximum absolute atomic E-state index is 14.4. The molecular weight excluding hydrogens is 1420 g/mol. The van der Waals surface area contributed by atoms with Crippen LogP contribution in [0.5, 0.6) is 23.0 Å². The first-order valence-electron chi connectivity index (χ1n) is 34.5. The lowest BCUT2D eigenvalue weighted by atomic mass is 10.0. The summed E-state index contributed by atoms with van der Waals surface area (Å²) < 4.78 is 44.2. The van der Waals surface area contributed by atoms with E-state index in [1.807, 2.05) is 24.3 Å². The number of carbonyl (C=O) groups excluding carboxylic acids is 7. The fourth-order valence-corrected chi connectivity index (χ4v) is 16.5. The normalized spacial score (nSPS) is 27.9. The number of carbonyl (C=O) groups is 8. The number of allylic oxidation sites excluding steroid dienone is 2. The van der Waals surface area contributed by atoms with Crippen molar-refractivity contribution < 1.29 is 76.6 Å². The summed E-state index contributed by atoms with van der Waals surface area (Å²) in [5.74, 6) is -2.69. The van der Waals surface area contributed by atoms with Crippen LogP contribution in [0.1, 0.15) is 149 Å². The topological polar surface area (TPSA) is 320 Å². The van der Waals surface area contributed by atoms with Crippen LogP contribution in [0.3, 0.4) is 0 Å². The summed E-state index contributed by atoms with van der Waals surface area (Å²) in [5, 5.41) is 22.7. The van der Waals surface area contributed by atoms with E-state index in [9.17, 15) is 53.1 Å². The molecule has 12 rings (SSSR count). The Hall–Kier alpha value is -8.14. The smallest absolute Gasteiger partial charge is 0.408 e. The molecule has 6 amide bonds. The summed E-state index contributed by atoms with van der Waals surface area (Å²) in [6, 6.07) is 5.81. The SMILES string of the molecule is C.COC(=O)[C@@]12C[C@H]1/C=C\CCCCC[C@H](NC(=O)OC1CCCC1)C(=O)N1C[C@H](Oc3cc(=O)n(C)c4c(Br)c(OC)ccc34)C[C@H]1C(=O)N2.COc1ccc2c(O[C@@H]3C[C@H]4C(=O)N[C@]5(C(=O)O)C[C@H]5/C=C\CCCCC[C@H](NC(=O)OC5CCCC5)C(=O)N4C3)cc(=O)n(C)c2c1Br. The average Bonchev–Trinajstić information content (AvgIpc) is 1.43. The van der Waals surface area contributed by atoms with E-state index < -0.39 is 95.2 Å². The Labute approximate surface area is 597 Å². The van der Waals surface area contributed by atoms with Gasteiger partial charge in [0.05, 0.1) is 54.4 Å². The van der Waals surface area contributed by atoms with Crippen molar-refractivity contribution in [3.8, 4) is 23.0 Å². The summed E-state index contributed by atoms with van der Waals surface area (Å²) in [4.78, 5) is 137. The fourth-order valence-electron chi connectivity index (χ4n) is 14.9. The maximum atomic E-state index is 14.4. The molecule has 10 atom stereocenters. The first kappa shape index (κ1) is 74.5. The van der Waals surface area contributed by atoms with E-state index in [0.29, 0.717) is 80.1 Å². The van der Waals surface area contributed by atoms with Gasteiger partial charge >= 0.3 is 24.1 Å². The summed E-state index contributed by atoms with van der Waals surface area (Å²) in [5.41, 5.74) is -2.24. The number of halogens is 2. The highest BCUT2D eigenvalue weighted by Gasteiger charge is 2.63. The van der Waals surface area contributed by atoms with E-state index in [1.54, 1.807) is 38.4 Å². The third-order valence-corrected chi connectivity index (χ3v) is 22.2. The number of nitrogens with zero attached hydrogens (tertiary/aromatic N) is 4. The number of aromatic nitrogens is 2. The average molecular weight is 1520 g/mol. The number of benzene rings is 2. The number of esters is 1. The van der Waals surface area contributed by atoms with Crippen molar-refractivity contribution in [2.45, 2.75) is 208 Å². The molecule has 0 bridgehead atoms. The van der Waals surface area contributed by atoms with Crippen molar-refractivity contribution in [2.75, 3.05) is 34.4 Å². The molecule has 0 radical (unpaired) electrons. The Morgan fingerprint density at radius 2 is 0.940 bits per heavy atom. The summed E-state index contributed by atoms with van der Waals surface area (Å²) in [6.45, 7) is -0.0143. The predicted molar refractivity (Wildman–Crippen MR) is 376 cm³/mol. The summed E-state index contributed by atoms with van der Waals surface area (Å²) in [7, 11) is 7.63. The second-order valence-electron chi connectivity index (χ2n) is 27.2. The van der Waals surface area contributed by atoms with Crippen LogP contribution >= 0.6 is 31.9 Å². The van der Waals surface area contributed by atoms with Crippen LogP contribution in [0.15, 0.2) is 79.2 Å². The fraction of sp³-hybridized carbons (Fsp3) is 0.583. The zero-order chi connectivity index (χ0) is 70.4. The number of hydrogen-bond donors (Lipinski definition) is 5. The van der Waals surface area contributed by atoms with Crippen LogP contribution in [0, 0.1) is 11.8 Å². The van der Waals surface area contributed by atoms with Gasteiger partial charge in [-0.05, 0) is 159 Å². The third-order valence-electron chi connectivity index (χ3n) is 20.7. The molecule has 26 nitrogen and oxygen atoms in total. The van der Waals surface area contributed by atoms with E-state index in [4.69, 9.17) is 33.2 Å². The van der Waals surface area contributed by atoms with Gasteiger partial charge in [-0.15, -0.1) is 0 Å². The van der Waals surface area contributed by atoms with E-state index in [0.717, 1.165) is 89.9 Å². The standard InChI is InChI=1S/C36H45BrN4O9.C35H43BrN4O9.CH4/c1-40-29(42)18-28(24-15-16-27(47-2)30(37)31(24)40)49-23-17-26-32(43)39-36(34(45)48-3)19-21(36)11-7-5-4-6-8-14-25(33(44)41(26)20-23)38-35(46)50-22-12-9-10-13-22;1-39-28(41)17-27(23-14-15-26(47-2)29(36)30(23)39)48-22-16-25-31(42)38-35(33(44)45)18-20(35)10-6-4-3-5-7-13-24(32(43)40(25)19-22)37-34(46)49-21-11-8-9-12-21;/h7,11,15-16,18,21-23,25-26H,4-6,8-10,12-14,17,19-20H2,1-3H3,(H,38,46)(H,39,43);6,10,14-15,17,20-22,24-25H,3-5,7-9,11-13,16,18-19H2,1-2H3,(H,37,46)(H,38,42)(H,44,45);1H4/b11-7-;10-6-;/t21-,23-,25+,26+,36-;20-,22-,24+,25+,35-;/m11./s1. The molecule has 28 heteroatoms. The number of carboxylic acid groups (broad SMARTS) is 1. The lowest BCUT2D eigenvalue weighted by Crippen LogP contribution is -2.56. The number of hydrogen-bond acceptors (Lipinski definition) is 17. The molecule has 4 aliphatic heterocycles. The number of aliphatic carboxylic acids is 1. The Bertz CT molecular complexity index is 3960. The van der Waals surface area contributed by atoms with Crippen LogP contribution < -0.4 is 51.3 Å². The van der Waals surface area contributed by atoms with Gasteiger partial charge in [0, 0.05) is 61.7 Å². The maximum Gasteiger partial charge on any atom is 0.408 e. The monoisotopic (exact) mass is 1510 g/mol. The van der Waals surface area contributed by atoms with Crippen molar-refractivity contribution in [1.29, 1.82) is 0 Å². The Kier molecular flexibility index (Phi) is 24.0. The number of fused-ring (bicyclic) bond motifs is 6. The van der Waals surface area contributed by atoms with E-state index >= 15 is 0 Å². The summed E-state index contributed by atoms with van der Waals surface area (Å²) >= 11 is 7.09. The van der Waals surface area contributed by atoms with Gasteiger partial charge in [-0.2, -0.15) is 0 Å². The highest BCUT2D eigenvalue weighted by Crippen LogP contribution is 2.48. The van der Waals surface area contributed by atoms with Crippen molar-refractivity contribution in [1.82, 2.24) is 40.2 Å². The van der Waals surface area contributed by atoms with Gasteiger partial charge in [0.1, 0.15) is 82.7 Å². The molecule has 2 saturated heterocycles. The largest absolute Gasteiger partial charge is 0.495 e. The number of pyridine rings is 2. The number of nitrogens with one attached hydrogen (secondary N) is 4. The highest BCUT2D eigenvalue weighted by atomic mass is 79.9. The van der Waals surface area contributed by atoms with Crippen LogP contribution in [0.2, 0.25) is 0 Å². The van der Waals surface area contributed by atoms with Crippen LogP contribution in [0.25, 0.3) is 21.8 Å². The second-order valence-corrected chi connectivity index (χ2v) is 28.8. The van der Waals surface area contributed by atoms with Gasteiger partial charge in [0.2, 0.25) is 23.6 Å². The van der Waals surface area contributed by atoms with Gasteiger partial charge < -0.3 is 78.5 Å². The van der Waals surface area contributed by atoms with E-state index in [1.165, 1.54) is 52.4 Å². The molecule has 2 aromatic carbocycles. The molecule has 4 saturated carbocycles. The Balaban J connectivity index is 0.000000214. The lowest BCUT2D eigenvalue weighted by molar-refractivity contribution is -0.148. The number of methoxy groups -OCH3 is 3. The molecule has 100 heavy (non-hydrogen) atoms. The van der Waals surface area contributed by atoms with Crippen LogP contribution in [-0.2, 0) is 57.1 Å². The number of rotatable bonds is 12. The number of amides is 6. The molecular formula is C72H92Br2N8O18. The van der Waals surface area contributed by atoms with Gasteiger partial charge in [0.15, 0.2) is 0 Å². The van der Waals surface area contributed by atoms with Crippen molar-refractivity contribution in [2.24, 2.45) is 25.9 Å². The molecule has 6 fully saturated rings. The second kappa shape index (κ2) is 32.2. The number of carboxylic acids is 1. The molecule has 542 valence electrons. The van der Waals surface area contributed by atoms with E-state index in [-0.39, 0.29) is 80.7 Å². The minimum absolute atomic E-state index is 0. The first-order valence-corrected chi connectivity index (χ1v) is 36.1. The molecule has 0 spiro atoms. The molecule has 5 N–H and O–H groups in total. The molecule has 2 aromatic heterocycles. The van der Waals surface area contributed by atoms with Gasteiger partial charge in [-0.3, -0.25) is 28.8 Å². The van der Waals surface area contributed by atoms with E-state index in [2.05, 4.69) is 53.1 Å². The highest BCUT2D eigenvalue weighted by molar-refractivity contribution is 9.11. The zero-order valence-electron chi connectivity index (χ0n) is 56.4. The lowest BCUT2D eigenvalue weighted by Gasteiger charge is -2.29. The first-order chi connectivity index (χ1) is 47.6. The zero-order valence-corrected chi connectivity index (χ0v) is 59.6. The minimum Gasteiger partial charge on any atom is -0.495 e. The Morgan fingerprint density at radius 3 is 1.35 bits per heavy atom. The van der Waals surface area contributed by atoms with Crippen molar-refractivity contribution in [3.05, 3.63) is 90.4 Å². The van der Waals surface area contributed by atoms with Crippen molar-refractivity contribution in [3.63, 3.8) is 0 Å². The van der Waals surface area contributed by atoms with Gasteiger partial charge in [-0.1, -0.05) is 57.4 Å². The number of ether oxygens (including phenoxy) is 7. The van der Waals surface area contributed by atoms with Gasteiger partial charge in [-0.25, -0.2) is 19.2 Å².